The van der Waals surface area contributed by atoms with Gasteiger partial charge in [0.1, 0.15) is 0 Å². The topological polar surface area (TPSA) is 63.3 Å². The minimum atomic E-state index is -0.774. The first-order chi connectivity index (χ1) is 9.03. The standard InChI is InChI=1S/C16H17NO2/c1-10-2-3-12-9-13(5-4-11(12)8-10)14(17)16(6-7-16)15(18)19/h2-5,8-9,14H,6-7,17H2,1H3,(H,18,19). The summed E-state index contributed by atoms with van der Waals surface area (Å²) < 4.78 is 0. The Hall–Kier alpha value is -1.87. The number of aryl methyl sites for hydroxylation is 1. The van der Waals surface area contributed by atoms with E-state index in [0.29, 0.717) is 12.8 Å². The molecule has 2 aromatic carbocycles. The summed E-state index contributed by atoms with van der Waals surface area (Å²) in [6, 6.07) is 11.8. The lowest BCUT2D eigenvalue weighted by atomic mass is 9.89. The van der Waals surface area contributed by atoms with E-state index < -0.39 is 17.4 Å². The van der Waals surface area contributed by atoms with E-state index in [4.69, 9.17) is 5.73 Å². The van der Waals surface area contributed by atoms with Crippen molar-refractivity contribution in [3.8, 4) is 0 Å². The van der Waals surface area contributed by atoms with Gasteiger partial charge in [0.2, 0.25) is 0 Å². The van der Waals surface area contributed by atoms with Gasteiger partial charge in [0.05, 0.1) is 5.41 Å². The molecule has 98 valence electrons. The highest BCUT2D eigenvalue weighted by Gasteiger charge is 2.55. The predicted octanol–water partition coefficient (Wildman–Crippen LogP) is 3.01. The molecule has 0 bridgehead atoms. The third kappa shape index (κ3) is 1.90. The van der Waals surface area contributed by atoms with Crippen LogP contribution >= 0.6 is 0 Å². The fourth-order valence-electron chi connectivity index (χ4n) is 2.69. The lowest BCUT2D eigenvalue weighted by molar-refractivity contribution is -0.144. The maximum Gasteiger partial charge on any atom is 0.311 e. The summed E-state index contributed by atoms with van der Waals surface area (Å²) in [6.07, 6.45) is 1.35. The molecule has 0 spiro atoms. The summed E-state index contributed by atoms with van der Waals surface area (Å²) in [4.78, 5) is 11.3. The predicted molar refractivity (Wildman–Crippen MR) is 74.9 cm³/mol. The normalized spacial score (nSPS) is 18.2. The molecule has 3 rings (SSSR count). The van der Waals surface area contributed by atoms with E-state index in [1.165, 1.54) is 5.56 Å². The van der Waals surface area contributed by atoms with E-state index in [1.54, 1.807) is 0 Å². The number of carboxylic acid groups (broad SMARTS) is 1. The summed E-state index contributed by atoms with van der Waals surface area (Å²) in [7, 11) is 0. The Morgan fingerprint density at radius 2 is 1.84 bits per heavy atom. The minimum absolute atomic E-state index is 0.421. The van der Waals surface area contributed by atoms with Crippen molar-refractivity contribution in [1.82, 2.24) is 0 Å². The number of fused-ring (bicyclic) bond motifs is 1. The quantitative estimate of drug-likeness (QED) is 0.886. The molecule has 0 amide bonds. The van der Waals surface area contributed by atoms with Gasteiger partial charge in [0.15, 0.2) is 0 Å². The van der Waals surface area contributed by atoms with E-state index in [1.807, 2.05) is 18.2 Å². The van der Waals surface area contributed by atoms with E-state index in [9.17, 15) is 9.90 Å². The van der Waals surface area contributed by atoms with Gasteiger partial charge in [0.25, 0.3) is 0 Å². The SMILES string of the molecule is Cc1ccc2cc(C(N)C3(C(=O)O)CC3)ccc2c1. The Bertz CT molecular complexity index is 659. The second kappa shape index (κ2) is 4.07. The first-order valence-electron chi connectivity index (χ1n) is 6.52. The van der Waals surface area contributed by atoms with Crippen LogP contribution in [0.3, 0.4) is 0 Å². The van der Waals surface area contributed by atoms with Crippen LogP contribution in [-0.4, -0.2) is 11.1 Å². The van der Waals surface area contributed by atoms with Gasteiger partial charge in [-0.25, -0.2) is 0 Å². The van der Waals surface area contributed by atoms with Crippen molar-refractivity contribution in [3.63, 3.8) is 0 Å². The van der Waals surface area contributed by atoms with E-state index in [0.717, 1.165) is 16.3 Å². The van der Waals surface area contributed by atoms with Crippen LogP contribution in [0.5, 0.6) is 0 Å². The third-order valence-corrected chi connectivity index (χ3v) is 4.19. The minimum Gasteiger partial charge on any atom is -0.481 e. The van der Waals surface area contributed by atoms with Gasteiger partial charge in [0, 0.05) is 6.04 Å². The van der Waals surface area contributed by atoms with Gasteiger partial charge in [-0.2, -0.15) is 0 Å². The number of carboxylic acids is 1. The lowest BCUT2D eigenvalue weighted by Gasteiger charge is -2.20. The zero-order chi connectivity index (χ0) is 13.6. The fraction of sp³-hybridized carbons (Fsp3) is 0.312. The Morgan fingerprint density at radius 1 is 1.21 bits per heavy atom. The summed E-state index contributed by atoms with van der Waals surface area (Å²) >= 11 is 0. The summed E-state index contributed by atoms with van der Waals surface area (Å²) in [5.74, 6) is -0.774. The van der Waals surface area contributed by atoms with Crippen molar-refractivity contribution >= 4 is 16.7 Å². The molecule has 1 fully saturated rings. The highest BCUT2D eigenvalue weighted by molar-refractivity contribution is 5.85. The van der Waals surface area contributed by atoms with Crippen LogP contribution in [-0.2, 0) is 4.79 Å². The second-order valence-electron chi connectivity index (χ2n) is 5.55. The van der Waals surface area contributed by atoms with Crippen LogP contribution in [0.1, 0.15) is 30.0 Å². The maximum absolute atomic E-state index is 11.3. The molecule has 3 N–H and O–H groups in total. The Balaban J connectivity index is 2.02. The zero-order valence-corrected chi connectivity index (χ0v) is 10.9. The average Bonchev–Trinajstić information content (AvgIpc) is 3.18. The number of benzene rings is 2. The average molecular weight is 255 g/mol. The van der Waals surface area contributed by atoms with Crippen molar-refractivity contribution in [2.45, 2.75) is 25.8 Å². The molecule has 1 aliphatic carbocycles. The molecule has 19 heavy (non-hydrogen) atoms. The van der Waals surface area contributed by atoms with Gasteiger partial charge in [-0.1, -0.05) is 35.9 Å². The molecule has 1 atom stereocenters. The van der Waals surface area contributed by atoms with Crippen molar-refractivity contribution in [3.05, 3.63) is 47.5 Å². The molecule has 0 saturated heterocycles. The number of aliphatic carboxylic acids is 1. The molecule has 0 aliphatic heterocycles. The highest BCUT2D eigenvalue weighted by Crippen LogP contribution is 2.54. The molecular formula is C16H17NO2. The number of nitrogens with two attached hydrogens (primary N) is 1. The Morgan fingerprint density at radius 3 is 2.47 bits per heavy atom. The van der Waals surface area contributed by atoms with E-state index in [-0.39, 0.29) is 0 Å². The zero-order valence-electron chi connectivity index (χ0n) is 10.9. The van der Waals surface area contributed by atoms with Crippen LogP contribution < -0.4 is 5.73 Å². The molecule has 0 radical (unpaired) electrons. The Labute approximate surface area is 112 Å². The van der Waals surface area contributed by atoms with Gasteiger partial charge >= 0.3 is 5.97 Å². The maximum atomic E-state index is 11.3. The summed E-state index contributed by atoms with van der Waals surface area (Å²) in [5.41, 5.74) is 7.57. The van der Waals surface area contributed by atoms with Crippen LogP contribution in [0.25, 0.3) is 10.8 Å². The monoisotopic (exact) mass is 255 g/mol. The molecule has 3 nitrogen and oxygen atoms in total. The fourth-order valence-corrected chi connectivity index (χ4v) is 2.69. The molecule has 3 heteroatoms. The van der Waals surface area contributed by atoms with Gasteiger partial charge in [-0.05, 0) is 42.2 Å². The number of carbonyl (C=O) groups is 1. The molecule has 2 aromatic rings. The molecule has 1 aliphatic rings. The first kappa shape index (κ1) is 12.2. The van der Waals surface area contributed by atoms with Crippen LogP contribution in [0.15, 0.2) is 36.4 Å². The van der Waals surface area contributed by atoms with Crippen molar-refractivity contribution in [2.75, 3.05) is 0 Å². The van der Waals surface area contributed by atoms with Crippen molar-refractivity contribution in [1.29, 1.82) is 0 Å². The second-order valence-corrected chi connectivity index (χ2v) is 5.55. The highest BCUT2D eigenvalue weighted by atomic mass is 16.4. The van der Waals surface area contributed by atoms with Crippen LogP contribution in [0.4, 0.5) is 0 Å². The number of hydrogen-bond acceptors (Lipinski definition) is 2. The Kier molecular flexibility index (Phi) is 2.61. The largest absolute Gasteiger partial charge is 0.481 e. The molecule has 0 aromatic heterocycles. The van der Waals surface area contributed by atoms with E-state index in [2.05, 4.69) is 25.1 Å². The van der Waals surface area contributed by atoms with Crippen LogP contribution in [0, 0.1) is 12.3 Å². The molecular weight excluding hydrogens is 238 g/mol. The molecule has 1 unspecified atom stereocenters. The molecule has 0 heterocycles. The van der Waals surface area contributed by atoms with Crippen molar-refractivity contribution < 1.29 is 9.90 Å². The third-order valence-electron chi connectivity index (χ3n) is 4.19. The van der Waals surface area contributed by atoms with Gasteiger partial charge in [-0.3, -0.25) is 4.79 Å². The smallest absolute Gasteiger partial charge is 0.311 e. The van der Waals surface area contributed by atoms with Gasteiger partial charge < -0.3 is 10.8 Å². The molecule has 1 saturated carbocycles. The number of rotatable bonds is 3. The first-order valence-corrected chi connectivity index (χ1v) is 6.52. The lowest BCUT2D eigenvalue weighted by Crippen LogP contribution is -2.29. The van der Waals surface area contributed by atoms with Crippen molar-refractivity contribution in [2.24, 2.45) is 11.1 Å². The summed E-state index contributed by atoms with van der Waals surface area (Å²) in [6.45, 7) is 2.06. The van der Waals surface area contributed by atoms with Crippen LogP contribution in [0.2, 0.25) is 0 Å². The van der Waals surface area contributed by atoms with Gasteiger partial charge in [-0.15, -0.1) is 0 Å². The number of hydrogen-bond donors (Lipinski definition) is 2. The van der Waals surface area contributed by atoms with E-state index >= 15 is 0 Å². The summed E-state index contributed by atoms with van der Waals surface area (Å²) in [5, 5.41) is 11.6.